The van der Waals surface area contributed by atoms with E-state index in [0.717, 1.165) is 5.92 Å². The fourth-order valence-corrected chi connectivity index (χ4v) is 6.32. The summed E-state index contributed by atoms with van der Waals surface area (Å²) >= 11 is -0.793. The predicted octanol–water partition coefficient (Wildman–Crippen LogP) is 2.13. The zero-order chi connectivity index (χ0) is 5.86. The van der Waals surface area contributed by atoms with Crippen LogP contribution in [0.3, 0.4) is 0 Å². The average molecular weight is 207 g/mol. The van der Waals surface area contributed by atoms with Crippen molar-refractivity contribution in [3.63, 3.8) is 0 Å². The van der Waals surface area contributed by atoms with Gasteiger partial charge < -0.3 is 0 Å². The van der Waals surface area contributed by atoms with Crippen LogP contribution in [0, 0.1) is 5.92 Å². The standard InChI is InChI=1S/C4H9.2CH3.Sn.H/c1-4(2)3;;;;/h4H,1H2,2-3H3;2*1H3;;. The third-order valence-electron chi connectivity index (χ3n) is 0.943. The molecule has 0 heterocycles. The first-order valence-electron chi connectivity index (χ1n) is 3.13. The van der Waals surface area contributed by atoms with E-state index in [2.05, 4.69) is 23.7 Å². The summed E-state index contributed by atoms with van der Waals surface area (Å²) in [7, 11) is 0. The molecular formula is C6H16Sn. The molecule has 7 heavy (non-hydrogen) atoms. The summed E-state index contributed by atoms with van der Waals surface area (Å²) in [5.74, 6) is 0.968. The van der Waals surface area contributed by atoms with Crippen molar-refractivity contribution in [1.82, 2.24) is 0 Å². The van der Waals surface area contributed by atoms with Crippen molar-refractivity contribution >= 4 is 19.8 Å². The normalized spacial score (nSPS) is 11.1. The minimum atomic E-state index is -0.793. The Kier molecular flexibility index (Phi) is 4.19. The Morgan fingerprint density at radius 1 is 1.29 bits per heavy atom. The van der Waals surface area contributed by atoms with Crippen LogP contribution in [0.2, 0.25) is 14.3 Å². The molecule has 0 spiro atoms. The van der Waals surface area contributed by atoms with Gasteiger partial charge >= 0.3 is 53.8 Å². The zero-order valence-electron chi connectivity index (χ0n) is 5.86. The van der Waals surface area contributed by atoms with Crippen molar-refractivity contribution < 1.29 is 0 Å². The molecule has 0 aromatic heterocycles. The van der Waals surface area contributed by atoms with E-state index in [1.165, 1.54) is 0 Å². The molecule has 0 rings (SSSR count). The van der Waals surface area contributed by atoms with Gasteiger partial charge in [-0.2, -0.15) is 0 Å². The molecule has 0 amide bonds. The molecule has 0 aromatic carbocycles. The number of rotatable bonds is 2. The molecule has 0 N–H and O–H groups in total. The molecule has 44 valence electrons. The summed E-state index contributed by atoms with van der Waals surface area (Å²) < 4.78 is 1.57. The third-order valence-corrected chi connectivity index (χ3v) is 6.32. The number of hydrogen-bond donors (Lipinski definition) is 0. The first kappa shape index (κ1) is 7.80. The van der Waals surface area contributed by atoms with Gasteiger partial charge in [-0.3, -0.25) is 0 Å². The molecule has 0 radical (unpaired) electrons. The summed E-state index contributed by atoms with van der Waals surface area (Å²) in [6, 6.07) is 0. The quantitative estimate of drug-likeness (QED) is 0.608. The predicted molar refractivity (Wildman–Crippen MR) is 38.5 cm³/mol. The summed E-state index contributed by atoms with van der Waals surface area (Å²) in [6.45, 7) is 4.63. The van der Waals surface area contributed by atoms with Crippen LogP contribution in [-0.4, -0.2) is 19.8 Å². The summed E-state index contributed by atoms with van der Waals surface area (Å²) in [4.78, 5) is 4.95. The van der Waals surface area contributed by atoms with Crippen molar-refractivity contribution in [1.29, 1.82) is 0 Å². The van der Waals surface area contributed by atoms with Crippen LogP contribution in [0.4, 0.5) is 0 Å². The molecule has 0 aromatic rings. The SMILES string of the molecule is CC(C)[CH2][SnH]([CH3])[CH3]. The van der Waals surface area contributed by atoms with E-state index in [0.29, 0.717) is 0 Å². The van der Waals surface area contributed by atoms with E-state index in [9.17, 15) is 0 Å². The van der Waals surface area contributed by atoms with Gasteiger partial charge in [0.25, 0.3) is 0 Å². The molecular weight excluding hydrogens is 191 g/mol. The van der Waals surface area contributed by atoms with E-state index in [1.807, 2.05) is 0 Å². The van der Waals surface area contributed by atoms with E-state index in [4.69, 9.17) is 0 Å². The Labute approximate surface area is 54.0 Å². The van der Waals surface area contributed by atoms with Crippen molar-refractivity contribution in [2.24, 2.45) is 5.92 Å². The average Bonchev–Trinajstić information content (AvgIpc) is 1.27. The number of hydrogen-bond acceptors (Lipinski definition) is 0. The van der Waals surface area contributed by atoms with Crippen LogP contribution in [-0.2, 0) is 0 Å². The van der Waals surface area contributed by atoms with Crippen LogP contribution < -0.4 is 0 Å². The second kappa shape index (κ2) is 3.76. The molecule has 0 atom stereocenters. The second-order valence-electron chi connectivity index (χ2n) is 3.02. The maximum atomic E-state index is 2.47. The van der Waals surface area contributed by atoms with Crippen LogP contribution in [0.1, 0.15) is 13.8 Å². The molecule has 0 saturated heterocycles. The van der Waals surface area contributed by atoms with Gasteiger partial charge in [0.1, 0.15) is 0 Å². The van der Waals surface area contributed by atoms with E-state index >= 15 is 0 Å². The minimum absolute atomic E-state index is 0.793. The summed E-state index contributed by atoms with van der Waals surface area (Å²) in [6.07, 6.45) is 0. The first-order valence-corrected chi connectivity index (χ1v) is 12.0. The Balaban J connectivity index is 2.95. The third kappa shape index (κ3) is 6.80. The van der Waals surface area contributed by atoms with Crippen LogP contribution in [0.5, 0.6) is 0 Å². The van der Waals surface area contributed by atoms with Crippen molar-refractivity contribution in [2.45, 2.75) is 28.2 Å². The van der Waals surface area contributed by atoms with Gasteiger partial charge in [0.15, 0.2) is 0 Å². The van der Waals surface area contributed by atoms with Crippen molar-refractivity contribution in [2.75, 3.05) is 0 Å². The van der Waals surface area contributed by atoms with Gasteiger partial charge in [-0.1, -0.05) is 0 Å². The van der Waals surface area contributed by atoms with Gasteiger partial charge in [-0.05, 0) is 0 Å². The Hall–Kier alpha value is 0.799. The Bertz CT molecular complexity index is 33.4. The van der Waals surface area contributed by atoms with Crippen LogP contribution >= 0.6 is 0 Å². The Morgan fingerprint density at radius 2 is 1.71 bits per heavy atom. The molecule has 0 unspecified atom stereocenters. The zero-order valence-corrected chi connectivity index (χ0v) is 9.16. The summed E-state index contributed by atoms with van der Waals surface area (Å²) in [5, 5.41) is 0. The molecule has 0 saturated carbocycles. The fraction of sp³-hybridized carbons (Fsp3) is 1.00. The maximum absolute atomic E-state index is 2.47. The molecule has 0 nitrogen and oxygen atoms in total. The fourth-order valence-electron chi connectivity index (χ4n) is 0.943. The molecule has 0 aliphatic heterocycles. The molecule has 0 bridgehead atoms. The van der Waals surface area contributed by atoms with E-state index in [1.54, 1.807) is 4.44 Å². The molecule has 0 fully saturated rings. The topological polar surface area (TPSA) is 0 Å². The monoisotopic (exact) mass is 208 g/mol. The van der Waals surface area contributed by atoms with Gasteiger partial charge in [0.2, 0.25) is 0 Å². The van der Waals surface area contributed by atoms with Crippen LogP contribution in [0.15, 0.2) is 0 Å². The van der Waals surface area contributed by atoms with Gasteiger partial charge in [-0.15, -0.1) is 0 Å². The van der Waals surface area contributed by atoms with Gasteiger partial charge in [-0.25, -0.2) is 0 Å². The molecule has 0 aliphatic carbocycles. The molecule has 0 aliphatic rings. The van der Waals surface area contributed by atoms with Crippen molar-refractivity contribution in [3.05, 3.63) is 0 Å². The van der Waals surface area contributed by atoms with E-state index in [-0.39, 0.29) is 0 Å². The second-order valence-corrected chi connectivity index (χ2v) is 12.3. The summed E-state index contributed by atoms with van der Waals surface area (Å²) in [5.41, 5.74) is 0. The van der Waals surface area contributed by atoms with Crippen LogP contribution in [0.25, 0.3) is 0 Å². The van der Waals surface area contributed by atoms with Gasteiger partial charge in [0.05, 0.1) is 0 Å². The molecule has 1 heteroatoms. The van der Waals surface area contributed by atoms with E-state index < -0.39 is 19.8 Å². The van der Waals surface area contributed by atoms with Crippen molar-refractivity contribution in [3.8, 4) is 0 Å². The Morgan fingerprint density at radius 3 is 1.71 bits per heavy atom. The first-order chi connectivity index (χ1) is 3.13. The van der Waals surface area contributed by atoms with Gasteiger partial charge in [0, 0.05) is 0 Å².